The predicted octanol–water partition coefficient (Wildman–Crippen LogP) is 4.90. The van der Waals surface area contributed by atoms with E-state index in [2.05, 4.69) is 4.98 Å². The minimum absolute atomic E-state index is 0.143. The van der Waals surface area contributed by atoms with E-state index in [0.717, 1.165) is 5.56 Å². The lowest BCUT2D eigenvalue weighted by molar-refractivity contribution is -0.190. The van der Waals surface area contributed by atoms with Gasteiger partial charge in [-0.1, -0.05) is 23.2 Å². The Morgan fingerprint density at radius 2 is 1.93 bits per heavy atom. The van der Waals surface area contributed by atoms with Crippen LogP contribution >= 0.6 is 23.2 Å². The highest BCUT2D eigenvalue weighted by atomic mass is 35.5. The van der Waals surface area contributed by atoms with Gasteiger partial charge < -0.3 is 23.5 Å². The minimum atomic E-state index is -0.925. The maximum atomic E-state index is 6.27. The third-order valence-corrected chi connectivity index (χ3v) is 5.32. The summed E-state index contributed by atoms with van der Waals surface area (Å²) in [4.78, 5) is 4.11. The Labute approximate surface area is 178 Å². The summed E-state index contributed by atoms with van der Waals surface area (Å²) < 4.78 is 25.4. The highest BCUT2D eigenvalue weighted by Gasteiger charge is 2.43. The van der Waals surface area contributed by atoms with Gasteiger partial charge in [-0.2, -0.15) is 0 Å². The highest BCUT2D eigenvalue weighted by molar-refractivity contribution is 6.42. The van der Waals surface area contributed by atoms with Crippen LogP contribution < -0.4 is 4.74 Å². The Kier molecular flexibility index (Phi) is 6.08. The molecular formula is C21H20Cl2N2O4. The molecule has 2 heterocycles. The summed E-state index contributed by atoms with van der Waals surface area (Å²) in [5.41, 5.74) is 0.881. The van der Waals surface area contributed by atoms with E-state index in [9.17, 15) is 0 Å². The largest absolute Gasteiger partial charge is 0.457 e. The van der Waals surface area contributed by atoms with Gasteiger partial charge in [-0.25, -0.2) is 4.98 Å². The van der Waals surface area contributed by atoms with E-state index in [1.54, 1.807) is 37.8 Å². The molecule has 0 aliphatic carbocycles. The first-order chi connectivity index (χ1) is 14.1. The minimum Gasteiger partial charge on any atom is -0.457 e. The molecule has 2 atom stereocenters. The molecule has 2 aromatic carbocycles. The van der Waals surface area contributed by atoms with Crippen molar-refractivity contribution in [2.75, 3.05) is 20.3 Å². The van der Waals surface area contributed by atoms with Gasteiger partial charge in [0, 0.05) is 31.1 Å². The van der Waals surface area contributed by atoms with E-state index in [1.807, 2.05) is 35.0 Å². The number of nitrogens with zero attached hydrogens (tertiary/aromatic N) is 2. The van der Waals surface area contributed by atoms with Crippen LogP contribution in [0, 0.1) is 0 Å². The average Bonchev–Trinajstić information content (AvgIpc) is 3.37. The first kappa shape index (κ1) is 20.2. The topological polar surface area (TPSA) is 54.7 Å². The second kappa shape index (κ2) is 8.73. The fourth-order valence-electron chi connectivity index (χ4n) is 3.23. The van der Waals surface area contributed by atoms with Crippen LogP contribution in [0.4, 0.5) is 0 Å². The molecule has 0 amide bonds. The van der Waals surface area contributed by atoms with Gasteiger partial charge in [-0.05, 0) is 36.4 Å². The molecule has 6 nitrogen and oxygen atoms in total. The summed E-state index contributed by atoms with van der Waals surface area (Å²) in [7, 11) is 1.65. The lowest BCUT2D eigenvalue weighted by Crippen LogP contribution is -2.33. The molecule has 29 heavy (non-hydrogen) atoms. The Morgan fingerprint density at radius 1 is 1.14 bits per heavy atom. The lowest BCUT2D eigenvalue weighted by atomic mass is 10.1. The SMILES string of the molecule is COCC1COC(Cn2ccnc2)(c2ccc(Oc3ccc(Cl)c(Cl)c3)cc2)O1. The van der Waals surface area contributed by atoms with Crippen LogP contribution in [0.1, 0.15) is 5.56 Å². The van der Waals surface area contributed by atoms with Gasteiger partial charge in [-0.3, -0.25) is 0 Å². The second-order valence-electron chi connectivity index (χ2n) is 6.70. The third kappa shape index (κ3) is 4.57. The number of aromatic nitrogens is 2. The van der Waals surface area contributed by atoms with Crippen molar-refractivity contribution >= 4 is 23.2 Å². The van der Waals surface area contributed by atoms with Gasteiger partial charge in [0.05, 0.1) is 36.1 Å². The molecule has 0 N–H and O–H groups in total. The lowest BCUT2D eigenvalue weighted by Gasteiger charge is -2.29. The number of hydrogen-bond acceptors (Lipinski definition) is 5. The quantitative estimate of drug-likeness (QED) is 0.529. The number of ether oxygens (including phenoxy) is 4. The number of rotatable bonds is 7. The molecular weight excluding hydrogens is 415 g/mol. The van der Waals surface area contributed by atoms with E-state index >= 15 is 0 Å². The Bertz CT molecular complexity index is 950. The van der Waals surface area contributed by atoms with E-state index < -0.39 is 5.79 Å². The summed E-state index contributed by atoms with van der Waals surface area (Å²) >= 11 is 12.0. The average molecular weight is 435 g/mol. The van der Waals surface area contributed by atoms with Gasteiger partial charge in [-0.15, -0.1) is 0 Å². The summed E-state index contributed by atoms with van der Waals surface area (Å²) in [6.07, 6.45) is 5.19. The molecule has 152 valence electrons. The molecule has 0 radical (unpaired) electrons. The Balaban J connectivity index is 1.56. The van der Waals surface area contributed by atoms with Gasteiger partial charge in [0.15, 0.2) is 0 Å². The molecule has 3 aromatic rings. The third-order valence-electron chi connectivity index (χ3n) is 4.58. The van der Waals surface area contributed by atoms with Gasteiger partial charge in [0.1, 0.15) is 17.6 Å². The number of hydrogen-bond donors (Lipinski definition) is 0. The molecule has 0 saturated carbocycles. The summed E-state index contributed by atoms with van der Waals surface area (Å²) in [6.45, 7) is 1.38. The van der Waals surface area contributed by atoms with Crippen molar-refractivity contribution in [1.29, 1.82) is 0 Å². The highest BCUT2D eigenvalue weighted by Crippen LogP contribution is 2.37. The van der Waals surface area contributed by atoms with E-state index in [-0.39, 0.29) is 6.10 Å². The molecule has 1 saturated heterocycles. The van der Waals surface area contributed by atoms with E-state index in [1.165, 1.54) is 0 Å². The normalized spacial score (nSPS) is 21.4. The molecule has 0 spiro atoms. The van der Waals surface area contributed by atoms with E-state index in [0.29, 0.717) is 41.3 Å². The van der Waals surface area contributed by atoms with Crippen LogP contribution in [0.2, 0.25) is 10.0 Å². The Hall–Kier alpha value is -2.09. The first-order valence-corrected chi connectivity index (χ1v) is 9.83. The summed E-state index contributed by atoms with van der Waals surface area (Å²) in [5, 5.41) is 0.925. The van der Waals surface area contributed by atoms with Crippen molar-refractivity contribution in [3.63, 3.8) is 0 Å². The summed E-state index contributed by atoms with van der Waals surface area (Å²) in [5.74, 6) is 0.344. The maximum absolute atomic E-state index is 6.27. The van der Waals surface area contributed by atoms with Crippen molar-refractivity contribution in [1.82, 2.24) is 9.55 Å². The first-order valence-electron chi connectivity index (χ1n) is 9.08. The molecule has 1 aromatic heterocycles. The van der Waals surface area contributed by atoms with Crippen molar-refractivity contribution in [3.8, 4) is 11.5 Å². The van der Waals surface area contributed by atoms with Crippen molar-refractivity contribution in [3.05, 3.63) is 76.8 Å². The predicted molar refractivity (Wildman–Crippen MR) is 110 cm³/mol. The standard InChI is InChI=1S/C21H20Cl2N2O4/c1-26-11-18-12-27-21(29-18,13-25-9-8-24-14-25)15-2-4-16(5-3-15)28-17-6-7-19(22)20(23)10-17/h2-10,14,18H,11-13H2,1H3. The maximum Gasteiger partial charge on any atom is 0.214 e. The van der Waals surface area contributed by atoms with Gasteiger partial charge in [0.25, 0.3) is 0 Å². The van der Waals surface area contributed by atoms with Crippen LogP contribution in [0.3, 0.4) is 0 Å². The molecule has 0 bridgehead atoms. The monoisotopic (exact) mass is 434 g/mol. The van der Waals surface area contributed by atoms with Crippen molar-refractivity contribution in [2.24, 2.45) is 0 Å². The molecule has 8 heteroatoms. The van der Waals surface area contributed by atoms with Crippen LogP contribution in [-0.4, -0.2) is 36.0 Å². The van der Waals surface area contributed by atoms with Crippen LogP contribution in [-0.2, 0) is 26.5 Å². The smallest absolute Gasteiger partial charge is 0.214 e. The van der Waals surface area contributed by atoms with Crippen LogP contribution in [0.5, 0.6) is 11.5 Å². The molecule has 1 aliphatic rings. The zero-order valence-electron chi connectivity index (χ0n) is 15.8. The number of imidazole rings is 1. The number of halogens is 2. The fraction of sp³-hybridized carbons (Fsp3) is 0.286. The zero-order chi connectivity index (χ0) is 20.3. The van der Waals surface area contributed by atoms with Crippen LogP contribution in [0.25, 0.3) is 0 Å². The van der Waals surface area contributed by atoms with Gasteiger partial charge in [0.2, 0.25) is 5.79 Å². The molecule has 2 unspecified atom stereocenters. The molecule has 1 aliphatic heterocycles. The van der Waals surface area contributed by atoms with Crippen molar-refractivity contribution < 1.29 is 18.9 Å². The summed E-state index contributed by atoms with van der Waals surface area (Å²) in [6, 6.07) is 12.7. The number of methoxy groups -OCH3 is 1. The molecule has 4 rings (SSSR count). The fourth-order valence-corrected chi connectivity index (χ4v) is 3.52. The second-order valence-corrected chi connectivity index (χ2v) is 7.51. The molecule has 1 fully saturated rings. The van der Waals surface area contributed by atoms with E-state index in [4.69, 9.17) is 42.1 Å². The zero-order valence-corrected chi connectivity index (χ0v) is 17.3. The van der Waals surface area contributed by atoms with Crippen molar-refractivity contribution in [2.45, 2.75) is 18.4 Å². The van der Waals surface area contributed by atoms with Crippen LogP contribution in [0.15, 0.2) is 61.2 Å². The van der Waals surface area contributed by atoms with Gasteiger partial charge >= 0.3 is 0 Å². The number of benzene rings is 2. The Morgan fingerprint density at radius 3 is 2.62 bits per heavy atom.